The summed E-state index contributed by atoms with van der Waals surface area (Å²) in [5.74, 6) is 0.706. The van der Waals surface area contributed by atoms with Crippen LogP contribution >= 0.6 is 0 Å². The molecule has 18 heavy (non-hydrogen) atoms. The fourth-order valence-corrected chi connectivity index (χ4v) is 3.41. The Balaban J connectivity index is 1.72. The standard InChI is InChI=1S/C13H22N2O3/c16-11-18-10-3-12-1-4-13(5-2-12)6-8-15(14-17)9-7-13/h11-12H,1-10H2. The van der Waals surface area contributed by atoms with Gasteiger partial charge in [-0.3, -0.25) is 9.80 Å². The molecule has 5 nitrogen and oxygen atoms in total. The van der Waals surface area contributed by atoms with Crippen LogP contribution in [0.5, 0.6) is 0 Å². The monoisotopic (exact) mass is 254 g/mol. The van der Waals surface area contributed by atoms with Crippen molar-refractivity contribution in [1.82, 2.24) is 5.01 Å². The van der Waals surface area contributed by atoms with Crippen LogP contribution in [0, 0.1) is 16.2 Å². The van der Waals surface area contributed by atoms with Crippen LogP contribution in [-0.4, -0.2) is 31.2 Å². The summed E-state index contributed by atoms with van der Waals surface area (Å²) in [6, 6.07) is 0. The summed E-state index contributed by atoms with van der Waals surface area (Å²) < 4.78 is 4.77. The van der Waals surface area contributed by atoms with Gasteiger partial charge in [-0.05, 0) is 56.3 Å². The summed E-state index contributed by atoms with van der Waals surface area (Å²) in [5, 5.41) is 4.67. The summed E-state index contributed by atoms with van der Waals surface area (Å²) >= 11 is 0. The van der Waals surface area contributed by atoms with Gasteiger partial charge in [0.25, 0.3) is 6.47 Å². The zero-order valence-corrected chi connectivity index (χ0v) is 10.8. The van der Waals surface area contributed by atoms with Crippen LogP contribution in [0.3, 0.4) is 0 Å². The molecular weight excluding hydrogens is 232 g/mol. The highest BCUT2D eigenvalue weighted by molar-refractivity contribution is 5.36. The lowest BCUT2D eigenvalue weighted by Gasteiger charge is -2.44. The molecule has 0 amide bonds. The number of carbonyl (C=O) groups excluding carboxylic acids is 1. The topological polar surface area (TPSA) is 59.0 Å². The second-order valence-corrected chi connectivity index (χ2v) is 5.73. The fourth-order valence-electron chi connectivity index (χ4n) is 3.41. The summed E-state index contributed by atoms with van der Waals surface area (Å²) in [4.78, 5) is 20.6. The first kappa shape index (κ1) is 13.3. The molecule has 1 heterocycles. The minimum atomic E-state index is 0.462. The van der Waals surface area contributed by atoms with Gasteiger partial charge in [0, 0.05) is 13.1 Å². The van der Waals surface area contributed by atoms with Gasteiger partial charge in [-0.15, -0.1) is 4.91 Å². The molecule has 2 fully saturated rings. The van der Waals surface area contributed by atoms with Crippen molar-refractivity contribution in [3.63, 3.8) is 0 Å². The van der Waals surface area contributed by atoms with E-state index in [-0.39, 0.29) is 0 Å². The molecule has 1 aliphatic heterocycles. The lowest BCUT2D eigenvalue weighted by Crippen LogP contribution is -2.39. The van der Waals surface area contributed by atoms with E-state index in [0.29, 0.717) is 24.4 Å². The van der Waals surface area contributed by atoms with Crippen molar-refractivity contribution in [1.29, 1.82) is 0 Å². The molecule has 5 heteroatoms. The molecule has 0 aromatic carbocycles. The third-order valence-electron chi connectivity index (χ3n) is 4.79. The molecule has 102 valence electrons. The number of nitroso groups, excluding NO2 is 1. The Kier molecular flexibility index (Phi) is 4.55. The molecule has 0 aromatic rings. The van der Waals surface area contributed by atoms with Crippen LogP contribution in [0.15, 0.2) is 5.29 Å². The van der Waals surface area contributed by atoms with Gasteiger partial charge in [0.2, 0.25) is 0 Å². The third kappa shape index (κ3) is 3.21. The van der Waals surface area contributed by atoms with E-state index in [1.165, 1.54) is 25.7 Å². The number of rotatable bonds is 5. The van der Waals surface area contributed by atoms with Crippen LogP contribution in [0.2, 0.25) is 0 Å². The van der Waals surface area contributed by atoms with Gasteiger partial charge >= 0.3 is 0 Å². The molecule has 2 rings (SSSR count). The van der Waals surface area contributed by atoms with Gasteiger partial charge in [0.15, 0.2) is 0 Å². The van der Waals surface area contributed by atoms with E-state index >= 15 is 0 Å². The predicted molar refractivity (Wildman–Crippen MR) is 67.6 cm³/mol. The van der Waals surface area contributed by atoms with Crippen molar-refractivity contribution in [3.8, 4) is 0 Å². The molecule has 2 aliphatic rings. The Morgan fingerprint density at radius 3 is 2.44 bits per heavy atom. The van der Waals surface area contributed by atoms with Crippen LogP contribution in [0.25, 0.3) is 0 Å². The number of hydrogen-bond acceptors (Lipinski definition) is 4. The Labute approximate surface area is 108 Å². The average Bonchev–Trinajstić information content (AvgIpc) is 2.42. The van der Waals surface area contributed by atoms with Crippen LogP contribution in [0.4, 0.5) is 0 Å². The largest absolute Gasteiger partial charge is 0.468 e. The second-order valence-electron chi connectivity index (χ2n) is 5.73. The van der Waals surface area contributed by atoms with E-state index in [9.17, 15) is 9.70 Å². The van der Waals surface area contributed by atoms with E-state index in [0.717, 1.165) is 32.4 Å². The first-order valence-corrected chi connectivity index (χ1v) is 6.91. The second kappa shape index (κ2) is 6.16. The average molecular weight is 254 g/mol. The Morgan fingerprint density at radius 2 is 1.89 bits per heavy atom. The summed E-state index contributed by atoms with van der Waals surface area (Å²) in [6.07, 6.45) is 8.19. The van der Waals surface area contributed by atoms with Crippen molar-refractivity contribution in [3.05, 3.63) is 4.91 Å². The molecule has 0 atom stereocenters. The molecule has 0 N–H and O–H groups in total. The first-order valence-electron chi connectivity index (χ1n) is 6.91. The molecule has 0 unspecified atom stereocenters. The highest BCUT2D eigenvalue weighted by atomic mass is 16.5. The van der Waals surface area contributed by atoms with Gasteiger partial charge < -0.3 is 4.74 Å². The maximum absolute atomic E-state index is 10.5. The molecular formula is C13H22N2O3. The van der Waals surface area contributed by atoms with Gasteiger partial charge in [0.1, 0.15) is 0 Å². The number of ether oxygens (including phenoxy) is 1. The van der Waals surface area contributed by atoms with Crippen molar-refractivity contribution in [2.45, 2.75) is 44.9 Å². The number of carbonyl (C=O) groups is 1. The predicted octanol–water partition coefficient (Wildman–Crippen LogP) is 2.50. The number of nitrogens with zero attached hydrogens (tertiary/aromatic N) is 2. The van der Waals surface area contributed by atoms with Gasteiger partial charge in [0.05, 0.1) is 11.9 Å². The molecule has 0 bridgehead atoms. The SMILES string of the molecule is O=COCCC1CCC2(CC1)CCN(N=O)CC2. The maximum Gasteiger partial charge on any atom is 0.293 e. The van der Waals surface area contributed by atoms with Crippen LogP contribution in [0.1, 0.15) is 44.9 Å². The Hall–Kier alpha value is -1.13. The van der Waals surface area contributed by atoms with Gasteiger partial charge in [-0.1, -0.05) is 0 Å². The fraction of sp³-hybridized carbons (Fsp3) is 0.923. The normalized spacial score (nSPS) is 23.9. The van der Waals surface area contributed by atoms with Crippen molar-refractivity contribution in [2.24, 2.45) is 16.6 Å². The van der Waals surface area contributed by atoms with E-state index in [2.05, 4.69) is 5.29 Å². The summed E-state index contributed by atoms with van der Waals surface area (Å²) in [7, 11) is 0. The third-order valence-corrected chi connectivity index (χ3v) is 4.79. The summed E-state index contributed by atoms with van der Waals surface area (Å²) in [5.41, 5.74) is 0.462. The van der Waals surface area contributed by atoms with E-state index in [1.807, 2.05) is 0 Å². The van der Waals surface area contributed by atoms with E-state index in [1.54, 1.807) is 5.01 Å². The lowest BCUT2D eigenvalue weighted by atomic mass is 9.65. The smallest absolute Gasteiger partial charge is 0.293 e. The molecule has 1 spiro atoms. The van der Waals surface area contributed by atoms with E-state index in [4.69, 9.17) is 4.74 Å². The quantitative estimate of drug-likeness (QED) is 0.429. The molecule has 0 radical (unpaired) electrons. The first-order chi connectivity index (χ1) is 8.78. The van der Waals surface area contributed by atoms with Crippen LogP contribution < -0.4 is 0 Å². The van der Waals surface area contributed by atoms with Crippen molar-refractivity contribution < 1.29 is 9.53 Å². The molecule has 1 aliphatic carbocycles. The van der Waals surface area contributed by atoms with Gasteiger partial charge in [-0.2, -0.15) is 0 Å². The molecule has 1 saturated carbocycles. The van der Waals surface area contributed by atoms with Crippen molar-refractivity contribution in [2.75, 3.05) is 19.7 Å². The zero-order chi connectivity index (χ0) is 12.8. The van der Waals surface area contributed by atoms with E-state index < -0.39 is 0 Å². The lowest BCUT2D eigenvalue weighted by molar-refractivity contribution is -0.129. The Bertz CT molecular complexity index is 278. The maximum atomic E-state index is 10.5. The minimum Gasteiger partial charge on any atom is -0.468 e. The minimum absolute atomic E-state index is 0.462. The van der Waals surface area contributed by atoms with Gasteiger partial charge in [-0.25, -0.2) is 0 Å². The number of hydrogen-bond donors (Lipinski definition) is 0. The number of piperidine rings is 1. The zero-order valence-electron chi connectivity index (χ0n) is 10.8. The molecule has 1 saturated heterocycles. The highest BCUT2D eigenvalue weighted by Crippen LogP contribution is 2.46. The van der Waals surface area contributed by atoms with Crippen molar-refractivity contribution >= 4 is 6.47 Å². The van der Waals surface area contributed by atoms with Crippen LogP contribution in [-0.2, 0) is 9.53 Å². The molecule has 0 aromatic heterocycles. The summed E-state index contributed by atoms with van der Waals surface area (Å²) in [6.45, 7) is 2.74. The Morgan fingerprint density at radius 1 is 1.22 bits per heavy atom. The highest BCUT2D eigenvalue weighted by Gasteiger charge is 2.37.